The summed E-state index contributed by atoms with van der Waals surface area (Å²) < 4.78 is 27.1. The van der Waals surface area contributed by atoms with E-state index in [4.69, 9.17) is 16.7 Å². The van der Waals surface area contributed by atoms with Gasteiger partial charge < -0.3 is 5.11 Å². The molecule has 6 heteroatoms. The first kappa shape index (κ1) is 15.4. The van der Waals surface area contributed by atoms with Gasteiger partial charge >= 0.3 is 0 Å². The lowest BCUT2D eigenvalue weighted by molar-refractivity contribution is 0.245. The Morgan fingerprint density at radius 2 is 2.00 bits per heavy atom. The molecule has 0 saturated carbocycles. The van der Waals surface area contributed by atoms with E-state index in [1.807, 2.05) is 0 Å². The number of benzene rings is 1. The van der Waals surface area contributed by atoms with Crippen molar-refractivity contribution in [2.75, 3.05) is 6.61 Å². The summed E-state index contributed by atoms with van der Waals surface area (Å²) in [6.07, 6.45) is 0.339. The molecule has 102 valence electrons. The highest BCUT2D eigenvalue weighted by molar-refractivity contribution is 7.89. The zero-order chi connectivity index (χ0) is 14.0. The molecule has 0 unspecified atom stereocenters. The van der Waals surface area contributed by atoms with E-state index in [2.05, 4.69) is 4.72 Å². The van der Waals surface area contributed by atoms with Crippen molar-refractivity contribution >= 4 is 21.6 Å². The average Bonchev–Trinajstić information content (AvgIpc) is 2.19. The Balaban J connectivity index is 3.11. The Kier molecular flexibility index (Phi) is 4.78. The molecular formula is C12H18ClNO3S. The van der Waals surface area contributed by atoms with Gasteiger partial charge in [-0.1, -0.05) is 17.7 Å². The summed E-state index contributed by atoms with van der Waals surface area (Å²) in [4.78, 5) is 0.168. The van der Waals surface area contributed by atoms with Crippen LogP contribution in [0.3, 0.4) is 0 Å². The van der Waals surface area contributed by atoms with Gasteiger partial charge in [-0.25, -0.2) is 13.1 Å². The third kappa shape index (κ3) is 3.95. The molecule has 0 saturated heterocycles. The van der Waals surface area contributed by atoms with Gasteiger partial charge in [0, 0.05) is 17.2 Å². The standard InChI is InChI=1S/C12H18ClNO3S/c1-9-4-5-10(13)8-11(9)18(16,17)14-12(2,3)6-7-15/h4-5,8,14-15H,6-7H2,1-3H3. The first-order valence-electron chi connectivity index (χ1n) is 5.59. The molecule has 0 amide bonds. The molecule has 1 aromatic carbocycles. The number of aryl methyl sites for hydroxylation is 1. The number of aliphatic hydroxyl groups excluding tert-OH is 1. The third-order valence-electron chi connectivity index (χ3n) is 2.59. The molecule has 0 aliphatic heterocycles. The van der Waals surface area contributed by atoms with Crippen LogP contribution in [0.4, 0.5) is 0 Å². The van der Waals surface area contributed by atoms with Crippen molar-refractivity contribution in [1.29, 1.82) is 0 Å². The molecule has 2 N–H and O–H groups in total. The van der Waals surface area contributed by atoms with Crippen molar-refractivity contribution in [1.82, 2.24) is 4.72 Å². The van der Waals surface area contributed by atoms with Crippen molar-refractivity contribution in [2.45, 2.75) is 37.6 Å². The van der Waals surface area contributed by atoms with Gasteiger partial charge in [0.25, 0.3) is 0 Å². The fraction of sp³-hybridized carbons (Fsp3) is 0.500. The molecule has 1 aromatic rings. The van der Waals surface area contributed by atoms with Crippen LogP contribution in [0, 0.1) is 6.92 Å². The Morgan fingerprint density at radius 1 is 1.39 bits per heavy atom. The van der Waals surface area contributed by atoms with Gasteiger partial charge in [0.15, 0.2) is 0 Å². The zero-order valence-electron chi connectivity index (χ0n) is 10.7. The minimum absolute atomic E-state index is 0.0793. The fourth-order valence-corrected chi connectivity index (χ4v) is 3.56. The summed E-state index contributed by atoms with van der Waals surface area (Å²) in [5, 5.41) is 9.29. The van der Waals surface area contributed by atoms with Crippen LogP contribution in [0.5, 0.6) is 0 Å². The third-order valence-corrected chi connectivity index (χ3v) is 4.66. The van der Waals surface area contributed by atoms with Crippen LogP contribution < -0.4 is 4.72 Å². The summed E-state index contributed by atoms with van der Waals surface area (Å²) in [6.45, 7) is 5.08. The lowest BCUT2D eigenvalue weighted by Crippen LogP contribution is -2.44. The molecule has 0 aliphatic rings. The molecular weight excluding hydrogens is 274 g/mol. The van der Waals surface area contributed by atoms with Crippen LogP contribution in [0.25, 0.3) is 0 Å². The second-order valence-electron chi connectivity index (χ2n) is 4.87. The first-order valence-corrected chi connectivity index (χ1v) is 7.45. The number of nitrogens with one attached hydrogen (secondary N) is 1. The predicted octanol–water partition coefficient (Wildman–Crippen LogP) is 2.09. The van der Waals surface area contributed by atoms with Crippen LogP contribution in [0.1, 0.15) is 25.8 Å². The summed E-state index contributed by atoms with van der Waals surface area (Å²) in [7, 11) is -3.64. The van der Waals surface area contributed by atoms with E-state index in [1.165, 1.54) is 6.07 Å². The van der Waals surface area contributed by atoms with Crippen molar-refractivity contribution < 1.29 is 13.5 Å². The summed E-state index contributed by atoms with van der Waals surface area (Å²) in [5.74, 6) is 0. The average molecular weight is 292 g/mol. The molecule has 0 aliphatic carbocycles. The Hall–Kier alpha value is -0.620. The summed E-state index contributed by atoms with van der Waals surface area (Å²) in [5.41, 5.74) is -0.0748. The first-order chi connectivity index (χ1) is 8.18. The molecule has 0 atom stereocenters. The molecule has 0 spiro atoms. The largest absolute Gasteiger partial charge is 0.396 e. The SMILES string of the molecule is Cc1ccc(Cl)cc1S(=O)(=O)NC(C)(C)CCO. The van der Waals surface area contributed by atoms with Crippen LogP contribution in [0.15, 0.2) is 23.1 Å². The monoisotopic (exact) mass is 291 g/mol. The van der Waals surface area contributed by atoms with Crippen molar-refractivity contribution in [3.8, 4) is 0 Å². The van der Waals surface area contributed by atoms with Gasteiger partial charge in [-0.2, -0.15) is 0 Å². The van der Waals surface area contributed by atoms with E-state index in [0.29, 0.717) is 17.0 Å². The van der Waals surface area contributed by atoms with Crippen molar-refractivity contribution in [2.24, 2.45) is 0 Å². The summed E-state index contributed by atoms with van der Waals surface area (Å²) in [6, 6.07) is 4.74. The molecule has 0 radical (unpaired) electrons. The van der Waals surface area contributed by atoms with Crippen molar-refractivity contribution in [3.63, 3.8) is 0 Å². The van der Waals surface area contributed by atoms with Gasteiger partial charge in [0.05, 0.1) is 4.90 Å². The number of halogens is 1. The van der Waals surface area contributed by atoms with Crippen LogP contribution in [-0.2, 0) is 10.0 Å². The topological polar surface area (TPSA) is 66.4 Å². The zero-order valence-corrected chi connectivity index (χ0v) is 12.3. The number of hydrogen-bond donors (Lipinski definition) is 2. The van der Waals surface area contributed by atoms with E-state index in [1.54, 1.807) is 32.9 Å². The second-order valence-corrected chi connectivity index (χ2v) is 6.96. The van der Waals surface area contributed by atoms with E-state index >= 15 is 0 Å². The van der Waals surface area contributed by atoms with Crippen LogP contribution in [-0.4, -0.2) is 25.7 Å². The Bertz CT molecular complexity index is 526. The minimum Gasteiger partial charge on any atom is -0.396 e. The maximum atomic E-state index is 12.2. The fourth-order valence-electron chi connectivity index (χ4n) is 1.61. The van der Waals surface area contributed by atoms with Crippen LogP contribution in [0.2, 0.25) is 5.02 Å². The highest BCUT2D eigenvalue weighted by atomic mass is 35.5. The van der Waals surface area contributed by atoms with Gasteiger partial charge in [0.1, 0.15) is 0 Å². The van der Waals surface area contributed by atoms with Gasteiger partial charge in [-0.15, -0.1) is 0 Å². The maximum absolute atomic E-state index is 12.2. The maximum Gasteiger partial charge on any atom is 0.241 e. The quantitative estimate of drug-likeness (QED) is 0.873. The lowest BCUT2D eigenvalue weighted by atomic mass is 10.0. The van der Waals surface area contributed by atoms with Crippen LogP contribution >= 0.6 is 11.6 Å². The van der Waals surface area contributed by atoms with Gasteiger partial charge in [-0.05, 0) is 44.9 Å². The smallest absolute Gasteiger partial charge is 0.241 e. The molecule has 0 fully saturated rings. The van der Waals surface area contributed by atoms with Gasteiger partial charge in [0.2, 0.25) is 10.0 Å². The normalized spacial score (nSPS) is 12.7. The van der Waals surface area contributed by atoms with Crippen molar-refractivity contribution in [3.05, 3.63) is 28.8 Å². The van der Waals surface area contributed by atoms with Gasteiger partial charge in [-0.3, -0.25) is 0 Å². The molecule has 4 nitrogen and oxygen atoms in total. The summed E-state index contributed by atoms with van der Waals surface area (Å²) >= 11 is 5.82. The predicted molar refractivity (Wildman–Crippen MR) is 72.3 cm³/mol. The number of rotatable bonds is 5. The lowest BCUT2D eigenvalue weighted by Gasteiger charge is -2.25. The molecule has 0 bridgehead atoms. The Labute approximate surface area is 113 Å². The second kappa shape index (κ2) is 5.57. The van der Waals surface area contributed by atoms with E-state index < -0.39 is 15.6 Å². The Morgan fingerprint density at radius 3 is 2.56 bits per heavy atom. The molecule has 1 rings (SSSR count). The molecule has 18 heavy (non-hydrogen) atoms. The van der Waals surface area contributed by atoms with E-state index in [0.717, 1.165) is 0 Å². The molecule has 0 aromatic heterocycles. The van der Waals surface area contributed by atoms with E-state index in [-0.39, 0.29) is 11.5 Å². The molecule has 0 heterocycles. The minimum atomic E-state index is -3.64. The highest BCUT2D eigenvalue weighted by Crippen LogP contribution is 2.22. The number of aliphatic hydroxyl groups is 1. The number of hydrogen-bond acceptors (Lipinski definition) is 3. The highest BCUT2D eigenvalue weighted by Gasteiger charge is 2.26. The number of sulfonamides is 1. The van der Waals surface area contributed by atoms with E-state index in [9.17, 15) is 8.42 Å².